The van der Waals surface area contributed by atoms with E-state index in [4.69, 9.17) is 9.15 Å². The van der Waals surface area contributed by atoms with E-state index in [1.807, 2.05) is 24.3 Å². The zero-order valence-electron chi connectivity index (χ0n) is 13.4. The quantitative estimate of drug-likeness (QED) is 0.942. The predicted molar refractivity (Wildman–Crippen MR) is 85.3 cm³/mol. The van der Waals surface area contributed by atoms with E-state index in [1.54, 1.807) is 31.1 Å². The molecule has 1 aliphatic heterocycles. The largest absolute Gasteiger partial charge is 0.497 e. The minimum atomic E-state index is -1.13. The van der Waals surface area contributed by atoms with Gasteiger partial charge in [-0.3, -0.25) is 4.79 Å². The zero-order chi connectivity index (χ0) is 16.4. The second-order valence-corrected chi connectivity index (χ2v) is 6.01. The molecule has 2 aromatic rings. The second kappa shape index (κ2) is 6.08. The molecule has 1 fully saturated rings. The van der Waals surface area contributed by atoms with Crippen molar-refractivity contribution in [2.75, 3.05) is 13.7 Å². The number of methoxy groups -OCH3 is 1. The summed E-state index contributed by atoms with van der Waals surface area (Å²) in [7, 11) is 1.61. The highest BCUT2D eigenvalue weighted by Crippen LogP contribution is 2.36. The Morgan fingerprint density at radius 3 is 2.70 bits per heavy atom. The van der Waals surface area contributed by atoms with Crippen LogP contribution in [-0.4, -0.2) is 35.6 Å². The van der Waals surface area contributed by atoms with E-state index >= 15 is 0 Å². The van der Waals surface area contributed by atoms with Gasteiger partial charge < -0.3 is 19.2 Å². The third-order valence-electron chi connectivity index (χ3n) is 4.57. The highest BCUT2D eigenvalue weighted by molar-refractivity contribution is 5.92. The topological polar surface area (TPSA) is 62.9 Å². The van der Waals surface area contributed by atoms with Gasteiger partial charge >= 0.3 is 0 Å². The number of benzene rings is 1. The number of ether oxygens (including phenoxy) is 1. The summed E-state index contributed by atoms with van der Waals surface area (Å²) >= 11 is 0. The fourth-order valence-electron chi connectivity index (χ4n) is 3.26. The third-order valence-corrected chi connectivity index (χ3v) is 4.57. The number of aliphatic hydroxyl groups is 1. The van der Waals surface area contributed by atoms with Gasteiger partial charge in [-0.05, 0) is 49.6 Å². The van der Waals surface area contributed by atoms with Crippen LogP contribution in [0.1, 0.15) is 35.9 Å². The molecule has 1 aliphatic rings. The maximum absolute atomic E-state index is 12.6. The van der Waals surface area contributed by atoms with E-state index < -0.39 is 5.60 Å². The van der Waals surface area contributed by atoms with Gasteiger partial charge in [-0.1, -0.05) is 12.1 Å². The van der Waals surface area contributed by atoms with E-state index in [-0.39, 0.29) is 11.9 Å². The molecule has 2 heterocycles. The number of hydrogen-bond acceptors (Lipinski definition) is 4. The van der Waals surface area contributed by atoms with E-state index in [0.717, 1.165) is 24.2 Å². The molecular formula is C18H21NO4. The van der Waals surface area contributed by atoms with Gasteiger partial charge in [0.15, 0.2) is 5.76 Å². The smallest absolute Gasteiger partial charge is 0.289 e. The van der Waals surface area contributed by atoms with E-state index in [9.17, 15) is 9.90 Å². The van der Waals surface area contributed by atoms with Gasteiger partial charge in [0.1, 0.15) is 11.4 Å². The fourth-order valence-corrected chi connectivity index (χ4v) is 3.26. The average molecular weight is 315 g/mol. The minimum absolute atomic E-state index is 0.175. The van der Waals surface area contributed by atoms with Crippen molar-refractivity contribution in [1.82, 2.24) is 4.90 Å². The van der Waals surface area contributed by atoms with E-state index in [2.05, 4.69) is 0 Å². The summed E-state index contributed by atoms with van der Waals surface area (Å²) in [5.41, 5.74) is -0.368. The maximum Gasteiger partial charge on any atom is 0.289 e. The van der Waals surface area contributed by atoms with Gasteiger partial charge in [0.05, 0.1) is 19.4 Å². The van der Waals surface area contributed by atoms with Crippen molar-refractivity contribution in [3.63, 3.8) is 0 Å². The molecule has 0 saturated carbocycles. The normalized spacial score (nSPS) is 20.3. The minimum Gasteiger partial charge on any atom is -0.497 e. The Morgan fingerprint density at radius 2 is 2.09 bits per heavy atom. The van der Waals surface area contributed by atoms with Crippen LogP contribution >= 0.6 is 0 Å². The summed E-state index contributed by atoms with van der Waals surface area (Å²) in [5.74, 6) is 0.869. The Hall–Kier alpha value is -2.27. The maximum atomic E-state index is 12.6. The van der Waals surface area contributed by atoms with Gasteiger partial charge in [0, 0.05) is 6.54 Å². The molecule has 1 aromatic heterocycles. The second-order valence-electron chi connectivity index (χ2n) is 6.01. The number of likely N-dealkylation sites (tertiary alicyclic amines) is 1. The third kappa shape index (κ3) is 2.84. The number of hydrogen-bond donors (Lipinski definition) is 1. The fraction of sp³-hybridized carbons (Fsp3) is 0.389. The summed E-state index contributed by atoms with van der Waals surface area (Å²) in [6, 6.07) is 10.4. The Kier molecular flexibility index (Phi) is 4.13. The first-order valence-electron chi connectivity index (χ1n) is 7.75. The number of carbonyl (C=O) groups is 1. The van der Waals surface area contributed by atoms with Gasteiger partial charge in [-0.2, -0.15) is 0 Å². The molecule has 5 nitrogen and oxygen atoms in total. The Labute approximate surface area is 135 Å². The molecule has 0 spiro atoms. The van der Waals surface area contributed by atoms with Gasteiger partial charge in [0.2, 0.25) is 0 Å². The SMILES string of the molecule is COc1ccc([C@](C)(O)[C@H]2CCCN2C(=O)c2ccco2)cc1. The molecule has 5 heteroatoms. The standard InChI is InChI=1S/C18H21NO4/c1-18(21,13-7-9-14(22-2)10-8-13)16-6-3-11-19(16)17(20)15-5-4-12-23-15/h4-5,7-10,12,16,21H,3,6,11H2,1-2H3/t16-,18+/m1/s1. The van der Waals surface area contributed by atoms with E-state index in [1.165, 1.54) is 6.26 Å². The molecule has 1 N–H and O–H groups in total. The number of rotatable bonds is 4. The molecule has 0 radical (unpaired) electrons. The molecule has 2 atom stereocenters. The van der Waals surface area contributed by atoms with Crippen LogP contribution in [0, 0.1) is 0 Å². The lowest BCUT2D eigenvalue weighted by atomic mass is 9.86. The molecule has 0 bridgehead atoms. The summed E-state index contributed by atoms with van der Waals surface area (Å²) in [5, 5.41) is 11.1. The first-order chi connectivity index (χ1) is 11.0. The number of nitrogens with zero attached hydrogens (tertiary/aromatic N) is 1. The van der Waals surface area contributed by atoms with Crippen LogP contribution in [0.25, 0.3) is 0 Å². The Balaban J connectivity index is 1.86. The highest BCUT2D eigenvalue weighted by Gasteiger charge is 2.43. The van der Waals surface area contributed by atoms with Crippen molar-refractivity contribution in [2.24, 2.45) is 0 Å². The van der Waals surface area contributed by atoms with E-state index in [0.29, 0.717) is 12.3 Å². The number of amides is 1. The molecule has 122 valence electrons. The van der Waals surface area contributed by atoms with Crippen LogP contribution in [0.4, 0.5) is 0 Å². The number of carbonyl (C=O) groups excluding carboxylic acids is 1. The van der Waals surface area contributed by atoms with Crippen molar-refractivity contribution in [2.45, 2.75) is 31.4 Å². The summed E-state index contributed by atoms with van der Waals surface area (Å²) in [6.07, 6.45) is 3.11. The number of furan rings is 1. The van der Waals surface area contributed by atoms with Crippen LogP contribution in [0.3, 0.4) is 0 Å². The summed E-state index contributed by atoms with van der Waals surface area (Å²) < 4.78 is 10.4. The van der Waals surface area contributed by atoms with Crippen molar-refractivity contribution >= 4 is 5.91 Å². The molecule has 0 aliphatic carbocycles. The van der Waals surface area contributed by atoms with Crippen molar-refractivity contribution in [3.8, 4) is 5.75 Å². The summed E-state index contributed by atoms with van der Waals surface area (Å²) in [6.45, 7) is 2.38. The highest BCUT2D eigenvalue weighted by atomic mass is 16.5. The summed E-state index contributed by atoms with van der Waals surface area (Å²) in [4.78, 5) is 14.3. The molecule has 23 heavy (non-hydrogen) atoms. The predicted octanol–water partition coefficient (Wildman–Crippen LogP) is 2.80. The van der Waals surface area contributed by atoms with Crippen LogP contribution < -0.4 is 4.74 Å². The van der Waals surface area contributed by atoms with Crippen LogP contribution in [0.2, 0.25) is 0 Å². The van der Waals surface area contributed by atoms with Crippen molar-refractivity contribution < 1.29 is 19.1 Å². The monoisotopic (exact) mass is 315 g/mol. The van der Waals surface area contributed by atoms with Crippen LogP contribution in [0.5, 0.6) is 5.75 Å². The Bertz CT molecular complexity index is 661. The Morgan fingerprint density at radius 1 is 1.35 bits per heavy atom. The molecule has 3 rings (SSSR count). The molecule has 1 amide bonds. The lowest BCUT2D eigenvalue weighted by Crippen LogP contribution is -2.48. The average Bonchev–Trinajstić information content (AvgIpc) is 3.25. The molecule has 1 aromatic carbocycles. The molecule has 0 unspecified atom stereocenters. The zero-order valence-corrected chi connectivity index (χ0v) is 13.4. The lowest BCUT2D eigenvalue weighted by molar-refractivity contribution is -0.0185. The van der Waals surface area contributed by atoms with Crippen molar-refractivity contribution in [3.05, 3.63) is 54.0 Å². The van der Waals surface area contributed by atoms with Gasteiger partial charge in [-0.25, -0.2) is 0 Å². The molecule has 1 saturated heterocycles. The first-order valence-corrected chi connectivity index (χ1v) is 7.75. The van der Waals surface area contributed by atoms with Crippen molar-refractivity contribution in [1.29, 1.82) is 0 Å². The first kappa shape index (κ1) is 15.6. The van der Waals surface area contributed by atoms with Gasteiger partial charge in [0.25, 0.3) is 5.91 Å². The van der Waals surface area contributed by atoms with Crippen LogP contribution in [0.15, 0.2) is 47.1 Å². The lowest BCUT2D eigenvalue weighted by Gasteiger charge is -2.36. The van der Waals surface area contributed by atoms with Crippen LogP contribution in [-0.2, 0) is 5.60 Å². The van der Waals surface area contributed by atoms with Gasteiger partial charge in [-0.15, -0.1) is 0 Å². The molecular weight excluding hydrogens is 294 g/mol.